The van der Waals surface area contributed by atoms with E-state index >= 15 is 0 Å². The number of nitrogens with one attached hydrogen (secondary N) is 1. The number of hydrogen-bond donors (Lipinski definition) is 2. The summed E-state index contributed by atoms with van der Waals surface area (Å²) in [5.74, 6) is -0.975. The number of anilines is 1. The molecule has 8 heteroatoms. The highest BCUT2D eigenvalue weighted by Crippen LogP contribution is 2.38. The lowest BCUT2D eigenvalue weighted by atomic mass is 10.1. The first kappa shape index (κ1) is 16.2. The molecule has 1 aliphatic heterocycles. The molecule has 2 N–H and O–H groups in total. The monoisotopic (exact) mass is 315 g/mol. The molecule has 1 aliphatic rings. The smallest absolute Gasteiger partial charge is 0.378 e. The van der Waals surface area contributed by atoms with E-state index in [9.17, 15) is 23.1 Å². The van der Waals surface area contributed by atoms with Crippen molar-refractivity contribution in [3.05, 3.63) is 41.6 Å². The van der Waals surface area contributed by atoms with Crippen LogP contribution < -0.4 is 10.3 Å². The summed E-state index contributed by atoms with van der Waals surface area (Å²) >= 11 is 0. The van der Waals surface area contributed by atoms with Gasteiger partial charge in [0, 0.05) is 31.0 Å². The van der Waals surface area contributed by atoms with Crippen LogP contribution in [0, 0.1) is 0 Å². The molecule has 0 radical (unpaired) electrons. The van der Waals surface area contributed by atoms with Gasteiger partial charge < -0.3 is 10.0 Å². The normalized spacial score (nSPS) is 21.4. The van der Waals surface area contributed by atoms with Crippen LogP contribution in [0.3, 0.4) is 0 Å². The number of allylic oxidation sites excluding steroid dienone is 1. The Labute approximate surface area is 125 Å². The summed E-state index contributed by atoms with van der Waals surface area (Å²) in [6.07, 6.45) is -4.45. The minimum absolute atomic E-state index is 0.0319. The molecule has 1 amide bonds. The molecule has 0 saturated heterocycles. The average molecular weight is 315 g/mol. The molecule has 0 bridgehead atoms. The molecule has 1 unspecified atom stereocenters. The van der Waals surface area contributed by atoms with Crippen LogP contribution in [-0.2, 0) is 0 Å². The van der Waals surface area contributed by atoms with Crippen molar-refractivity contribution in [2.45, 2.75) is 18.8 Å². The Morgan fingerprint density at radius 1 is 1.36 bits per heavy atom. The number of hydrogen-bond acceptors (Lipinski definition) is 4. The number of hydrazine groups is 1. The number of rotatable bonds is 2. The minimum atomic E-state index is -5.02. The third-order valence-corrected chi connectivity index (χ3v) is 3.28. The van der Waals surface area contributed by atoms with Gasteiger partial charge in [-0.3, -0.25) is 10.2 Å². The highest BCUT2D eigenvalue weighted by molar-refractivity contribution is 5.95. The summed E-state index contributed by atoms with van der Waals surface area (Å²) in [6, 6.07) is 6.12. The van der Waals surface area contributed by atoms with Gasteiger partial charge in [-0.05, 0) is 31.2 Å². The first-order valence-electron chi connectivity index (χ1n) is 6.43. The zero-order valence-electron chi connectivity index (χ0n) is 12.3. The third-order valence-electron chi connectivity index (χ3n) is 3.28. The number of alkyl halides is 3. The van der Waals surface area contributed by atoms with Crippen LogP contribution in [0.25, 0.3) is 0 Å². The van der Waals surface area contributed by atoms with Crippen molar-refractivity contribution in [3.8, 4) is 0 Å². The first-order valence-corrected chi connectivity index (χ1v) is 6.43. The molecule has 5 nitrogen and oxygen atoms in total. The Balaban J connectivity index is 2.39. The number of aliphatic hydroxyl groups is 1. The van der Waals surface area contributed by atoms with Crippen molar-refractivity contribution >= 4 is 11.6 Å². The summed E-state index contributed by atoms with van der Waals surface area (Å²) in [4.78, 5) is 14.1. The van der Waals surface area contributed by atoms with Crippen LogP contribution in [0.5, 0.6) is 0 Å². The van der Waals surface area contributed by atoms with E-state index in [0.717, 1.165) is 0 Å². The lowest BCUT2D eigenvalue weighted by molar-refractivity contribution is -0.283. The minimum Gasteiger partial charge on any atom is -0.378 e. The zero-order valence-corrected chi connectivity index (χ0v) is 12.3. The topological polar surface area (TPSA) is 55.8 Å². The molecule has 1 aromatic rings. The van der Waals surface area contributed by atoms with Crippen LogP contribution in [0.15, 0.2) is 36.0 Å². The molecule has 0 fully saturated rings. The third kappa shape index (κ3) is 2.61. The molecule has 22 heavy (non-hydrogen) atoms. The van der Waals surface area contributed by atoms with Crippen molar-refractivity contribution in [1.29, 1.82) is 0 Å². The molecule has 1 heterocycles. The highest BCUT2D eigenvalue weighted by atomic mass is 19.4. The quantitative estimate of drug-likeness (QED) is 0.875. The van der Waals surface area contributed by atoms with E-state index in [1.807, 2.05) is 0 Å². The summed E-state index contributed by atoms with van der Waals surface area (Å²) in [5, 5.41) is 10.1. The van der Waals surface area contributed by atoms with Crippen LogP contribution in [-0.4, -0.2) is 42.0 Å². The second-order valence-electron chi connectivity index (χ2n) is 5.25. The van der Waals surface area contributed by atoms with Gasteiger partial charge in [0.25, 0.3) is 11.6 Å². The average Bonchev–Trinajstić information content (AvgIpc) is 2.74. The number of amides is 1. The Morgan fingerprint density at radius 2 is 2.00 bits per heavy atom. The lowest BCUT2D eigenvalue weighted by Crippen LogP contribution is -2.60. The van der Waals surface area contributed by atoms with Gasteiger partial charge in [0.05, 0.1) is 0 Å². The van der Waals surface area contributed by atoms with Crippen LogP contribution in [0.4, 0.5) is 18.9 Å². The first-order chi connectivity index (χ1) is 10.1. The predicted octanol–water partition coefficient (Wildman–Crippen LogP) is 1.87. The molecule has 1 aromatic carbocycles. The number of carbonyl (C=O) groups excluding carboxylic acids is 1. The predicted molar refractivity (Wildman–Crippen MR) is 74.8 cm³/mol. The van der Waals surface area contributed by atoms with Gasteiger partial charge in [-0.1, -0.05) is 6.07 Å². The van der Waals surface area contributed by atoms with Crippen LogP contribution in [0.1, 0.15) is 17.3 Å². The highest BCUT2D eigenvalue weighted by Gasteiger charge is 2.61. The van der Waals surface area contributed by atoms with Crippen molar-refractivity contribution in [2.24, 2.45) is 0 Å². The fraction of sp³-hybridized carbons (Fsp3) is 0.357. The second-order valence-corrected chi connectivity index (χ2v) is 5.25. The maximum Gasteiger partial charge on any atom is 0.442 e. The van der Waals surface area contributed by atoms with Crippen LogP contribution >= 0.6 is 0 Å². The summed E-state index contributed by atoms with van der Waals surface area (Å²) in [7, 11) is 3.49. The number of halogens is 3. The molecule has 0 aromatic heterocycles. The molecule has 1 atom stereocenters. The van der Waals surface area contributed by atoms with Gasteiger partial charge in [0.1, 0.15) is 0 Å². The van der Waals surface area contributed by atoms with Crippen molar-refractivity contribution < 1.29 is 23.1 Å². The van der Waals surface area contributed by atoms with Gasteiger partial charge in [-0.25, -0.2) is 5.01 Å². The molecular weight excluding hydrogens is 299 g/mol. The van der Waals surface area contributed by atoms with Crippen molar-refractivity contribution in [2.75, 3.05) is 19.0 Å². The van der Waals surface area contributed by atoms with E-state index in [4.69, 9.17) is 0 Å². The molecule has 120 valence electrons. The molecule has 0 aliphatic carbocycles. The van der Waals surface area contributed by atoms with E-state index < -0.39 is 17.8 Å². The van der Waals surface area contributed by atoms with Crippen molar-refractivity contribution in [1.82, 2.24) is 10.4 Å². The van der Waals surface area contributed by atoms with E-state index in [1.54, 1.807) is 31.1 Å². The Hall–Kier alpha value is -2.22. The molecular formula is C14H16F3N3O2. The largest absolute Gasteiger partial charge is 0.442 e. The fourth-order valence-electron chi connectivity index (χ4n) is 2.12. The molecule has 0 spiro atoms. The fourth-order valence-corrected chi connectivity index (χ4v) is 2.12. The summed E-state index contributed by atoms with van der Waals surface area (Å²) in [5.41, 5.74) is -0.385. The summed E-state index contributed by atoms with van der Waals surface area (Å²) < 4.78 is 39.3. The van der Waals surface area contributed by atoms with E-state index in [2.05, 4.69) is 5.43 Å². The Bertz CT molecular complexity index is 628. The Morgan fingerprint density at radius 3 is 2.55 bits per heavy atom. The number of carbonyl (C=O) groups is 1. The SMILES string of the molecule is CC1=CC(O)(C(F)(F)F)N(C(=O)c2cccc(N(C)C)c2)N1. The van der Waals surface area contributed by atoms with Gasteiger partial charge in [0.15, 0.2) is 0 Å². The van der Waals surface area contributed by atoms with E-state index in [1.165, 1.54) is 19.1 Å². The Kier molecular flexibility index (Phi) is 3.82. The van der Waals surface area contributed by atoms with E-state index in [0.29, 0.717) is 11.8 Å². The van der Waals surface area contributed by atoms with Gasteiger partial charge in [-0.15, -0.1) is 0 Å². The molecule has 2 rings (SSSR count). The van der Waals surface area contributed by atoms with Gasteiger partial charge in [-0.2, -0.15) is 13.2 Å². The maximum absolute atomic E-state index is 13.1. The summed E-state index contributed by atoms with van der Waals surface area (Å²) in [6.45, 7) is 1.33. The van der Waals surface area contributed by atoms with Gasteiger partial charge >= 0.3 is 6.18 Å². The number of benzene rings is 1. The van der Waals surface area contributed by atoms with Gasteiger partial charge in [0.2, 0.25) is 0 Å². The standard InChI is InChI=1S/C14H16F3N3O2/c1-9-8-13(22,14(15,16)17)20(18-9)12(21)10-5-4-6-11(7-10)19(2)3/h4-8,18,22H,1-3H3. The van der Waals surface area contributed by atoms with E-state index in [-0.39, 0.29) is 16.3 Å². The van der Waals surface area contributed by atoms with Crippen molar-refractivity contribution in [3.63, 3.8) is 0 Å². The second kappa shape index (κ2) is 5.20. The molecule has 0 saturated carbocycles. The number of nitrogens with zero attached hydrogens (tertiary/aromatic N) is 2. The zero-order chi connectivity index (χ0) is 16.7. The maximum atomic E-state index is 13.1. The lowest BCUT2D eigenvalue weighted by Gasteiger charge is -2.33. The van der Waals surface area contributed by atoms with Crippen LogP contribution in [0.2, 0.25) is 0 Å².